The highest BCUT2D eigenvalue weighted by molar-refractivity contribution is 9.10. The molecule has 1 heterocycles. The van der Waals surface area contributed by atoms with Crippen LogP contribution in [0.25, 0.3) is 0 Å². The molecule has 0 amide bonds. The summed E-state index contributed by atoms with van der Waals surface area (Å²) >= 11 is 3.61. The number of benzene rings is 1. The smallest absolute Gasteiger partial charge is 0.228 e. The first-order chi connectivity index (χ1) is 13.0. The molecule has 0 radical (unpaired) electrons. The highest BCUT2D eigenvalue weighted by Crippen LogP contribution is 2.37. The first-order valence-corrected chi connectivity index (χ1v) is 10.4. The van der Waals surface area contributed by atoms with Crippen LogP contribution in [0.4, 0.5) is 5.69 Å². The van der Waals surface area contributed by atoms with E-state index in [0.29, 0.717) is 11.8 Å². The van der Waals surface area contributed by atoms with E-state index in [1.165, 1.54) is 24.0 Å². The molecule has 0 spiro atoms. The van der Waals surface area contributed by atoms with Crippen molar-refractivity contribution < 1.29 is 4.74 Å². The Morgan fingerprint density at radius 1 is 1.41 bits per heavy atom. The average molecular weight is 430 g/mol. The van der Waals surface area contributed by atoms with Crippen LogP contribution in [-0.4, -0.2) is 35.9 Å². The Labute approximate surface area is 170 Å². The molecule has 2 unspecified atom stereocenters. The molecule has 144 valence electrons. The summed E-state index contributed by atoms with van der Waals surface area (Å²) in [5, 5.41) is 0. The maximum absolute atomic E-state index is 6.30. The van der Waals surface area contributed by atoms with Crippen molar-refractivity contribution in [2.45, 2.75) is 52.1 Å². The number of ether oxygens (including phenoxy) is 1. The van der Waals surface area contributed by atoms with Gasteiger partial charge >= 0.3 is 0 Å². The Bertz CT molecular complexity index is 821. The summed E-state index contributed by atoms with van der Waals surface area (Å²) in [7, 11) is 2.00. The van der Waals surface area contributed by atoms with Crippen molar-refractivity contribution in [3.05, 3.63) is 51.6 Å². The number of aliphatic imine (C=N–C) groups is 1. The summed E-state index contributed by atoms with van der Waals surface area (Å²) in [6.07, 6.45) is 5.43. The van der Waals surface area contributed by atoms with Crippen molar-refractivity contribution in [1.82, 2.24) is 9.88 Å². The number of aryl methyl sites for hydroxylation is 2. The second kappa shape index (κ2) is 8.87. The summed E-state index contributed by atoms with van der Waals surface area (Å²) in [5.74, 6) is 1.05. The quantitative estimate of drug-likeness (QED) is 0.439. The average Bonchev–Trinajstić information content (AvgIpc) is 2.68. The molecule has 0 N–H and O–H groups in total. The molecule has 27 heavy (non-hydrogen) atoms. The van der Waals surface area contributed by atoms with Gasteiger partial charge in [-0.1, -0.05) is 24.3 Å². The molecule has 0 aliphatic heterocycles. The normalized spacial score (nSPS) is 17.6. The van der Waals surface area contributed by atoms with E-state index in [-0.39, 0.29) is 6.10 Å². The minimum atomic E-state index is 0.0650. The molecule has 3 rings (SSSR count). The number of pyridine rings is 1. The van der Waals surface area contributed by atoms with Crippen LogP contribution in [0.3, 0.4) is 0 Å². The van der Waals surface area contributed by atoms with Crippen LogP contribution < -0.4 is 4.74 Å². The van der Waals surface area contributed by atoms with Gasteiger partial charge in [-0.25, -0.2) is 9.98 Å². The predicted molar refractivity (Wildman–Crippen MR) is 115 cm³/mol. The Balaban J connectivity index is 1.78. The molecule has 1 aromatic carbocycles. The third-order valence-electron chi connectivity index (χ3n) is 5.28. The van der Waals surface area contributed by atoms with Crippen molar-refractivity contribution in [2.75, 3.05) is 13.6 Å². The van der Waals surface area contributed by atoms with Gasteiger partial charge in [-0.3, -0.25) is 0 Å². The van der Waals surface area contributed by atoms with E-state index in [4.69, 9.17) is 4.74 Å². The molecule has 1 aromatic heterocycles. The maximum Gasteiger partial charge on any atom is 0.228 e. The van der Waals surface area contributed by atoms with Crippen LogP contribution in [0.2, 0.25) is 0 Å². The first-order valence-electron chi connectivity index (χ1n) is 9.65. The third kappa shape index (κ3) is 4.70. The minimum Gasteiger partial charge on any atom is -0.473 e. The fourth-order valence-electron chi connectivity index (χ4n) is 3.54. The molecule has 5 heteroatoms. The summed E-state index contributed by atoms with van der Waals surface area (Å²) in [6.45, 7) is 7.13. The zero-order chi connectivity index (χ0) is 19.4. The molecule has 0 saturated carbocycles. The summed E-state index contributed by atoms with van der Waals surface area (Å²) in [5.41, 5.74) is 4.60. The first kappa shape index (κ1) is 19.9. The van der Waals surface area contributed by atoms with Crippen molar-refractivity contribution in [3.8, 4) is 5.88 Å². The second-order valence-corrected chi connectivity index (χ2v) is 8.07. The van der Waals surface area contributed by atoms with Gasteiger partial charge in [-0.2, -0.15) is 0 Å². The van der Waals surface area contributed by atoms with Crippen molar-refractivity contribution >= 4 is 28.0 Å². The molecule has 0 bridgehead atoms. The summed E-state index contributed by atoms with van der Waals surface area (Å²) in [4.78, 5) is 11.2. The second-order valence-electron chi connectivity index (χ2n) is 7.22. The van der Waals surface area contributed by atoms with Gasteiger partial charge < -0.3 is 9.64 Å². The molecule has 0 fully saturated rings. The van der Waals surface area contributed by atoms with Gasteiger partial charge in [0.2, 0.25) is 5.88 Å². The van der Waals surface area contributed by atoms with Crippen molar-refractivity contribution in [3.63, 3.8) is 0 Å². The molecule has 1 aliphatic rings. The Morgan fingerprint density at radius 3 is 2.96 bits per heavy atom. The predicted octanol–water partition coefficient (Wildman–Crippen LogP) is 5.65. The lowest BCUT2D eigenvalue weighted by molar-refractivity contribution is 0.169. The van der Waals surface area contributed by atoms with Crippen LogP contribution in [0.1, 0.15) is 49.4 Å². The van der Waals surface area contributed by atoms with Gasteiger partial charge in [0.15, 0.2) is 0 Å². The lowest BCUT2D eigenvalue weighted by atomic mass is 9.80. The standard InChI is InChI=1S/C22H28BrN3O/c1-5-26(4)14-24-21-13-20(23)22(25-15(21)2)27-16(3)18-12-8-10-17-9-6-7-11-19(17)18/h6-7,9,11,13-14,16,18H,5,8,10,12H2,1-4H3/b24-14+. The van der Waals surface area contributed by atoms with Gasteiger partial charge in [0.25, 0.3) is 0 Å². The fourth-order valence-corrected chi connectivity index (χ4v) is 3.94. The number of fused-ring (bicyclic) bond motifs is 1. The highest BCUT2D eigenvalue weighted by atomic mass is 79.9. The maximum atomic E-state index is 6.30. The molecule has 2 atom stereocenters. The van der Waals surface area contributed by atoms with E-state index in [1.807, 2.05) is 31.3 Å². The molecular weight excluding hydrogens is 402 g/mol. The lowest BCUT2D eigenvalue weighted by Gasteiger charge is -2.30. The highest BCUT2D eigenvalue weighted by Gasteiger charge is 2.27. The molecule has 1 aliphatic carbocycles. The third-order valence-corrected chi connectivity index (χ3v) is 5.85. The van der Waals surface area contributed by atoms with Gasteiger partial charge in [-0.15, -0.1) is 0 Å². The van der Waals surface area contributed by atoms with Crippen LogP contribution in [0.15, 0.2) is 39.8 Å². The topological polar surface area (TPSA) is 37.7 Å². The number of rotatable bonds is 6. The number of aromatic nitrogens is 1. The zero-order valence-corrected chi connectivity index (χ0v) is 18.2. The van der Waals surface area contributed by atoms with E-state index in [0.717, 1.165) is 28.8 Å². The Morgan fingerprint density at radius 2 is 2.19 bits per heavy atom. The Hall–Kier alpha value is -1.88. The SMILES string of the molecule is CCN(C)/C=N/c1cc(Br)c(OC(C)C2CCCc3ccccc32)nc1C. The number of halogens is 1. The minimum absolute atomic E-state index is 0.0650. The van der Waals surface area contributed by atoms with E-state index in [1.54, 1.807) is 0 Å². The van der Waals surface area contributed by atoms with Crippen LogP contribution in [-0.2, 0) is 6.42 Å². The molecule has 4 nitrogen and oxygen atoms in total. The van der Waals surface area contributed by atoms with Crippen LogP contribution >= 0.6 is 15.9 Å². The van der Waals surface area contributed by atoms with E-state index in [2.05, 4.69) is 64.0 Å². The van der Waals surface area contributed by atoms with Crippen molar-refractivity contribution in [2.24, 2.45) is 4.99 Å². The summed E-state index contributed by atoms with van der Waals surface area (Å²) < 4.78 is 7.15. The lowest BCUT2D eigenvalue weighted by Crippen LogP contribution is -2.26. The largest absolute Gasteiger partial charge is 0.473 e. The van der Waals surface area contributed by atoms with Gasteiger partial charge in [0, 0.05) is 19.5 Å². The van der Waals surface area contributed by atoms with E-state index in [9.17, 15) is 0 Å². The number of nitrogens with zero attached hydrogens (tertiary/aromatic N) is 3. The molecule has 0 saturated heterocycles. The van der Waals surface area contributed by atoms with Gasteiger partial charge in [-0.05, 0) is 73.2 Å². The zero-order valence-electron chi connectivity index (χ0n) is 16.6. The van der Waals surface area contributed by atoms with Crippen molar-refractivity contribution in [1.29, 1.82) is 0 Å². The summed E-state index contributed by atoms with van der Waals surface area (Å²) in [6, 6.07) is 10.7. The monoisotopic (exact) mass is 429 g/mol. The van der Waals surface area contributed by atoms with E-state index >= 15 is 0 Å². The van der Waals surface area contributed by atoms with E-state index < -0.39 is 0 Å². The number of hydrogen-bond acceptors (Lipinski definition) is 3. The molecular formula is C22H28BrN3O. The fraction of sp³-hybridized carbons (Fsp3) is 0.455. The van der Waals surface area contributed by atoms with Gasteiger partial charge in [0.05, 0.1) is 22.2 Å². The number of hydrogen-bond donors (Lipinski definition) is 0. The Kier molecular flexibility index (Phi) is 6.53. The molecule has 2 aromatic rings. The van der Waals surface area contributed by atoms with Crippen LogP contribution in [0, 0.1) is 6.92 Å². The van der Waals surface area contributed by atoms with Gasteiger partial charge in [0.1, 0.15) is 6.10 Å². The van der Waals surface area contributed by atoms with Crippen LogP contribution in [0.5, 0.6) is 5.88 Å².